The number of nitrogens with one attached hydrogen (secondary N) is 1. The fraction of sp³-hybridized carbons (Fsp3) is 0.611. The largest absolute Gasteiger partial charge is 0.382 e. The first-order chi connectivity index (χ1) is 11.2. The van der Waals surface area contributed by atoms with Crippen LogP contribution in [-0.2, 0) is 16.0 Å². The zero-order chi connectivity index (χ0) is 16.5. The van der Waals surface area contributed by atoms with Gasteiger partial charge in [0.05, 0.1) is 19.8 Å². The number of guanidine groups is 1. The fourth-order valence-electron chi connectivity index (χ4n) is 2.89. The summed E-state index contributed by atoms with van der Waals surface area (Å²) in [7, 11) is 3.55. The predicted molar refractivity (Wildman–Crippen MR) is 109 cm³/mol. The van der Waals surface area contributed by atoms with Crippen molar-refractivity contribution in [2.45, 2.75) is 19.9 Å². The van der Waals surface area contributed by atoms with E-state index in [0.29, 0.717) is 19.1 Å². The van der Waals surface area contributed by atoms with Crippen LogP contribution in [0.4, 0.5) is 0 Å². The lowest BCUT2D eigenvalue weighted by atomic mass is 10.1. The van der Waals surface area contributed by atoms with Crippen LogP contribution in [0.1, 0.15) is 17.5 Å². The molecule has 0 spiro atoms. The average molecular weight is 447 g/mol. The molecule has 1 aliphatic rings. The highest BCUT2D eigenvalue weighted by molar-refractivity contribution is 14.0. The van der Waals surface area contributed by atoms with Gasteiger partial charge in [0, 0.05) is 39.7 Å². The van der Waals surface area contributed by atoms with Crippen LogP contribution < -0.4 is 5.32 Å². The average Bonchev–Trinajstić information content (AvgIpc) is 3.01. The molecule has 1 N–H and O–H groups in total. The topological polar surface area (TPSA) is 46.1 Å². The molecule has 136 valence electrons. The number of likely N-dealkylation sites (tertiary alicyclic amines) is 1. The molecule has 1 aliphatic heterocycles. The highest BCUT2D eigenvalue weighted by Crippen LogP contribution is 2.16. The van der Waals surface area contributed by atoms with Gasteiger partial charge >= 0.3 is 0 Å². The van der Waals surface area contributed by atoms with E-state index in [0.717, 1.165) is 38.6 Å². The van der Waals surface area contributed by atoms with Crippen molar-refractivity contribution in [3.63, 3.8) is 0 Å². The van der Waals surface area contributed by atoms with Crippen molar-refractivity contribution in [3.8, 4) is 0 Å². The highest BCUT2D eigenvalue weighted by atomic mass is 127. The quantitative estimate of drug-likeness (QED) is 0.302. The maximum Gasteiger partial charge on any atom is 0.193 e. The number of aliphatic imine (C=N–C) groups is 1. The Balaban J connectivity index is 0.00000288. The van der Waals surface area contributed by atoms with Gasteiger partial charge in [0.25, 0.3) is 0 Å². The Labute approximate surface area is 162 Å². The molecule has 1 aromatic carbocycles. The van der Waals surface area contributed by atoms with E-state index in [1.165, 1.54) is 11.1 Å². The monoisotopic (exact) mass is 447 g/mol. The maximum atomic E-state index is 5.65. The second kappa shape index (κ2) is 11.7. The smallest absolute Gasteiger partial charge is 0.193 e. The van der Waals surface area contributed by atoms with E-state index in [4.69, 9.17) is 9.47 Å². The lowest BCUT2D eigenvalue weighted by molar-refractivity contribution is 0.0536. The summed E-state index contributed by atoms with van der Waals surface area (Å²) in [6.07, 6.45) is 1.15. The lowest BCUT2D eigenvalue weighted by Crippen LogP contribution is -2.39. The van der Waals surface area contributed by atoms with E-state index in [1.54, 1.807) is 7.11 Å². The van der Waals surface area contributed by atoms with E-state index < -0.39 is 0 Å². The van der Waals surface area contributed by atoms with E-state index >= 15 is 0 Å². The van der Waals surface area contributed by atoms with Crippen molar-refractivity contribution >= 4 is 29.9 Å². The minimum atomic E-state index is 0. The third-order valence-corrected chi connectivity index (χ3v) is 4.12. The molecule has 1 aromatic rings. The first-order valence-electron chi connectivity index (χ1n) is 8.30. The second-order valence-corrected chi connectivity index (χ2v) is 6.06. The summed E-state index contributed by atoms with van der Waals surface area (Å²) in [5.41, 5.74) is 2.57. The van der Waals surface area contributed by atoms with Crippen LogP contribution in [-0.4, -0.2) is 57.9 Å². The number of ether oxygens (including phenoxy) is 2. The molecule has 1 saturated heterocycles. The van der Waals surface area contributed by atoms with Crippen LogP contribution in [0.25, 0.3) is 0 Å². The molecule has 1 fully saturated rings. The highest BCUT2D eigenvalue weighted by Gasteiger charge is 2.24. The van der Waals surface area contributed by atoms with Gasteiger partial charge in [-0.05, 0) is 18.9 Å². The van der Waals surface area contributed by atoms with Gasteiger partial charge in [-0.25, -0.2) is 0 Å². The molecule has 0 aromatic heterocycles. The van der Waals surface area contributed by atoms with E-state index in [1.807, 2.05) is 7.05 Å². The molecule has 0 radical (unpaired) electrons. The molecule has 6 heteroatoms. The number of benzene rings is 1. The van der Waals surface area contributed by atoms with Crippen molar-refractivity contribution in [2.24, 2.45) is 10.9 Å². The Morgan fingerprint density at radius 2 is 2.21 bits per heavy atom. The molecular weight excluding hydrogens is 417 g/mol. The summed E-state index contributed by atoms with van der Waals surface area (Å²) >= 11 is 0. The summed E-state index contributed by atoms with van der Waals surface area (Å²) in [4.78, 5) is 6.74. The standard InChI is InChI=1S/C18H29N3O2.HI/c1-15-5-4-6-16(11-15)12-20-18(19-2)21-8-7-17(13-21)14-23-10-9-22-3;/h4-6,11,17H,7-10,12-14H2,1-3H3,(H,19,20);1H. The molecular formula is C18H30IN3O2. The van der Waals surface area contributed by atoms with Gasteiger partial charge in [-0.1, -0.05) is 29.8 Å². The Bertz CT molecular complexity index is 511. The molecule has 0 aliphatic carbocycles. The Morgan fingerprint density at radius 1 is 1.38 bits per heavy atom. The van der Waals surface area contributed by atoms with Crippen LogP contribution in [0.15, 0.2) is 29.3 Å². The van der Waals surface area contributed by atoms with Crippen LogP contribution >= 0.6 is 24.0 Å². The van der Waals surface area contributed by atoms with Crippen LogP contribution in [0, 0.1) is 12.8 Å². The summed E-state index contributed by atoms with van der Waals surface area (Å²) in [5.74, 6) is 1.55. The molecule has 2 rings (SSSR count). The zero-order valence-electron chi connectivity index (χ0n) is 15.0. The molecule has 0 bridgehead atoms. The number of hydrogen-bond donors (Lipinski definition) is 1. The molecule has 1 unspecified atom stereocenters. The van der Waals surface area contributed by atoms with Gasteiger partial charge in [0.1, 0.15) is 0 Å². The lowest BCUT2D eigenvalue weighted by Gasteiger charge is -2.22. The van der Waals surface area contributed by atoms with Gasteiger partial charge < -0.3 is 19.7 Å². The summed E-state index contributed by atoms with van der Waals surface area (Å²) in [5, 5.41) is 3.47. The first-order valence-corrected chi connectivity index (χ1v) is 8.30. The van der Waals surface area contributed by atoms with Crippen LogP contribution in [0.2, 0.25) is 0 Å². The van der Waals surface area contributed by atoms with Crippen LogP contribution in [0.5, 0.6) is 0 Å². The Hall–Kier alpha value is -0.860. The third-order valence-electron chi connectivity index (χ3n) is 4.12. The predicted octanol–water partition coefficient (Wildman–Crippen LogP) is 2.67. The normalized spacial score (nSPS) is 17.7. The van der Waals surface area contributed by atoms with E-state index in [-0.39, 0.29) is 24.0 Å². The summed E-state index contributed by atoms with van der Waals surface area (Å²) in [6, 6.07) is 8.56. The second-order valence-electron chi connectivity index (χ2n) is 6.06. The van der Waals surface area contributed by atoms with Crippen molar-refractivity contribution < 1.29 is 9.47 Å². The number of methoxy groups -OCH3 is 1. The van der Waals surface area contributed by atoms with Gasteiger partial charge in [-0.2, -0.15) is 0 Å². The van der Waals surface area contributed by atoms with Crippen molar-refractivity contribution in [2.75, 3.05) is 47.1 Å². The van der Waals surface area contributed by atoms with Gasteiger partial charge in [-0.15, -0.1) is 24.0 Å². The fourth-order valence-corrected chi connectivity index (χ4v) is 2.89. The number of halogens is 1. The number of nitrogens with zero attached hydrogens (tertiary/aromatic N) is 2. The molecule has 1 atom stereocenters. The molecule has 1 heterocycles. The number of rotatable bonds is 7. The van der Waals surface area contributed by atoms with Crippen molar-refractivity contribution in [3.05, 3.63) is 35.4 Å². The SMILES string of the molecule is CN=C(NCc1cccc(C)c1)N1CCC(COCCOC)C1.I. The van der Waals surface area contributed by atoms with Gasteiger partial charge in [-0.3, -0.25) is 4.99 Å². The minimum absolute atomic E-state index is 0. The third kappa shape index (κ3) is 6.94. The Morgan fingerprint density at radius 3 is 2.92 bits per heavy atom. The first kappa shape index (κ1) is 21.2. The van der Waals surface area contributed by atoms with Gasteiger partial charge in [0.15, 0.2) is 5.96 Å². The van der Waals surface area contributed by atoms with E-state index in [9.17, 15) is 0 Å². The van der Waals surface area contributed by atoms with Crippen molar-refractivity contribution in [1.29, 1.82) is 0 Å². The van der Waals surface area contributed by atoms with Crippen molar-refractivity contribution in [1.82, 2.24) is 10.2 Å². The molecule has 24 heavy (non-hydrogen) atoms. The zero-order valence-corrected chi connectivity index (χ0v) is 17.3. The maximum absolute atomic E-state index is 5.65. The molecule has 0 saturated carbocycles. The van der Waals surface area contributed by atoms with E-state index in [2.05, 4.69) is 46.4 Å². The minimum Gasteiger partial charge on any atom is -0.382 e. The van der Waals surface area contributed by atoms with Gasteiger partial charge in [0.2, 0.25) is 0 Å². The number of hydrogen-bond acceptors (Lipinski definition) is 3. The number of aryl methyl sites for hydroxylation is 1. The van der Waals surface area contributed by atoms with Crippen LogP contribution in [0.3, 0.4) is 0 Å². The Kier molecular flexibility index (Phi) is 10.3. The molecule has 0 amide bonds. The summed E-state index contributed by atoms with van der Waals surface area (Å²) < 4.78 is 10.7. The molecule has 5 nitrogen and oxygen atoms in total. The summed E-state index contributed by atoms with van der Waals surface area (Å²) in [6.45, 7) is 7.09.